The molecule has 0 saturated heterocycles. The highest BCUT2D eigenvalue weighted by atomic mass is 19.3. The van der Waals surface area contributed by atoms with E-state index in [1.54, 1.807) is 6.20 Å². The Balaban J connectivity index is 2.82. The van der Waals surface area contributed by atoms with Gasteiger partial charge in [-0.05, 0) is 23.1 Å². The Labute approximate surface area is 83.4 Å². The summed E-state index contributed by atoms with van der Waals surface area (Å²) < 4.78 is 24.5. The van der Waals surface area contributed by atoms with Crippen LogP contribution in [0.25, 0.3) is 0 Å². The number of allylic oxidation sites excluding steroid dienone is 3. The molecule has 0 unspecified atom stereocenters. The van der Waals surface area contributed by atoms with Crippen molar-refractivity contribution in [3.8, 4) is 0 Å². The van der Waals surface area contributed by atoms with Gasteiger partial charge in [0.05, 0.1) is 0 Å². The first-order valence-electron chi connectivity index (χ1n) is 4.65. The highest BCUT2D eigenvalue weighted by Gasteiger charge is 2.16. The minimum absolute atomic E-state index is 0.208. The van der Waals surface area contributed by atoms with Crippen LogP contribution in [0.5, 0.6) is 0 Å². The summed E-state index contributed by atoms with van der Waals surface area (Å²) in [5, 5.41) is 0. The second-order valence-corrected chi connectivity index (χ2v) is 3.40. The molecule has 1 aliphatic heterocycles. The van der Waals surface area contributed by atoms with E-state index in [2.05, 4.69) is 6.58 Å². The Kier molecular flexibility index (Phi) is 3.44. The van der Waals surface area contributed by atoms with Gasteiger partial charge in [-0.2, -0.15) is 0 Å². The van der Waals surface area contributed by atoms with Crippen LogP contribution in [0.4, 0.5) is 8.78 Å². The third-order valence-corrected chi connectivity index (χ3v) is 2.25. The second kappa shape index (κ2) is 4.40. The number of hydrogen-bond donors (Lipinski definition) is 0. The standard InChI is InChI=1S/C11H15F2N/c1-4-9-6-14(3)7-10(8(9)2)5-11(12)13/h6-7,11H,2,4-5H2,1,3H3. The molecule has 3 heteroatoms. The lowest BCUT2D eigenvalue weighted by molar-refractivity contribution is 0.149. The Morgan fingerprint density at radius 3 is 2.43 bits per heavy atom. The van der Waals surface area contributed by atoms with Crippen LogP contribution in [-0.2, 0) is 0 Å². The molecule has 0 aromatic carbocycles. The molecule has 14 heavy (non-hydrogen) atoms. The molecule has 0 spiro atoms. The van der Waals surface area contributed by atoms with Crippen molar-refractivity contribution in [1.29, 1.82) is 0 Å². The molecule has 0 aromatic heterocycles. The maximum atomic E-state index is 12.2. The average Bonchev–Trinajstić information content (AvgIpc) is 2.09. The van der Waals surface area contributed by atoms with Crippen LogP contribution in [0.15, 0.2) is 35.7 Å². The van der Waals surface area contributed by atoms with Crippen LogP contribution >= 0.6 is 0 Å². The monoisotopic (exact) mass is 199 g/mol. The summed E-state index contributed by atoms with van der Waals surface area (Å²) in [6.45, 7) is 5.83. The molecule has 0 radical (unpaired) electrons. The average molecular weight is 199 g/mol. The van der Waals surface area contributed by atoms with Crippen LogP contribution < -0.4 is 0 Å². The topological polar surface area (TPSA) is 3.24 Å². The van der Waals surface area contributed by atoms with Crippen molar-refractivity contribution in [2.24, 2.45) is 0 Å². The Hall–Kier alpha value is -1.12. The fraction of sp³-hybridized carbons (Fsp3) is 0.455. The third kappa shape index (κ3) is 2.44. The lowest BCUT2D eigenvalue weighted by Gasteiger charge is -2.23. The third-order valence-electron chi connectivity index (χ3n) is 2.25. The van der Waals surface area contributed by atoms with Gasteiger partial charge in [0.25, 0.3) is 0 Å². The molecule has 0 saturated carbocycles. The lowest BCUT2D eigenvalue weighted by Crippen LogP contribution is -2.13. The summed E-state index contributed by atoms with van der Waals surface area (Å²) in [5.41, 5.74) is 2.43. The second-order valence-electron chi connectivity index (χ2n) is 3.40. The molecule has 0 bridgehead atoms. The van der Waals surface area contributed by atoms with Crippen LogP contribution in [0.2, 0.25) is 0 Å². The van der Waals surface area contributed by atoms with E-state index >= 15 is 0 Å². The molecule has 0 aliphatic carbocycles. The summed E-state index contributed by atoms with van der Waals surface area (Å²) in [4.78, 5) is 1.81. The first-order valence-corrected chi connectivity index (χ1v) is 4.65. The summed E-state index contributed by atoms with van der Waals surface area (Å²) >= 11 is 0. The van der Waals surface area contributed by atoms with Gasteiger partial charge in [0.2, 0.25) is 6.43 Å². The molecule has 0 atom stereocenters. The van der Waals surface area contributed by atoms with Gasteiger partial charge in [0.1, 0.15) is 0 Å². The zero-order valence-electron chi connectivity index (χ0n) is 8.56. The van der Waals surface area contributed by atoms with Gasteiger partial charge in [-0.25, -0.2) is 8.78 Å². The minimum Gasteiger partial charge on any atom is -0.357 e. The van der Waals surface area contributed by atoms with E-state index in [9.17, 15) is 8.78 Å². The quantitative estimate of drug-likeness (QED) is 0.674. The largest absolute Gasteiger partial charge is 0.357 e. The molecule has 0 fully saturated rings. The molecule has 78 valence electrons. The van der Waals surface area contributed by atoms with E-state index in [0.29, 0.717) is 5.57 Å². The number of nitrogens with zero attached hydrogens (tertiary/aromatic N) is 1. The first-order chi connectivity index (χ1) is 6.54. The number of alkyl halides is 2. The fourth-order valence-electron chi connectivity index (χ4n) is 1.54. The maximum Gasteiger partial charge on any atom is 0.242 e. The number of rotatable bonds is 3. The predicted molar refractivity (Wildman–Crippen MR) is 54.0 cm³/mol. The predicted octanol–water partition coefficient (Wildman–Crippen LogP) is 3.32. The first kappa shape index (κ1) is 11.0. The Morgan fingerprint density at radius 1 is 1.36 bits per heavy atom. The molecule has 0 aromatic rings. The van der Waals surface area contributed by atoms with Crippen LogP contribution in [0.3, 0.4) is 0 Å². The van der Waals surface area contributed by atoms with E-state index in [4.69, 9.17) is 0 Å². The van der Waals surface area contributed by atoms with Crippen molar-refractivity contribution in [2.45, 2.75) is 26.2 Å². The zero-order valence-corrected chi connectivity index (χ0v) is 8.56. The lowest BCUT2D eigenvalue weighted by atomic mass is 9.94. The van der Waals surface area contributed by atoms with Gasteiger partial charge in [0.15, 0.2) is 0 Å². The van der Waals surface area contributed by atoms with E-state index in [1.165, 1.54) is 0 Å². The number of halogens is 2. The van der Waals surface area contributed by atoms with Gasteiger partial charge in [-0.3, -0.25) is 0 Å². The van der Waals surface area contributed by atoms with Crippen LogP contribution in [-0.4, -0.2) is 18.4 Å². The van der Waals surface area contributed by atoms with E-state index < -0.39 is 6.43 Å². The molecule has 1 rings (SSSR count). The van der Waals surface area contributed by atoms with Gasteiger partial charge in [-0.15, -0.1) is 0 Å². The molecule has 0 N–H and O–H groups in total. The van der Waals surface area contributed by atoms with Gasteiger partial charge >= 0.3 is 0 Å². The van der Waals surface area contributed by atoms with Crippen molar-refractivity contribution in [1.82, 2.24) is 4.90 Å². The smallest absolute Gasteiger partial charge is 0.242 e. The van der Waals surface area contributed by atoms with Crippen molar-refractivity contribution in [2.75, 3.05) is 7.05 Å². The normalized spacial score (nSPS) is 17.2. The Morgan fingerprint density at radius 2 is 1.93 bits per heavy atom. The fourth-order valence-corrected chi connectivity index (χ4v) is 1.54. The van der Waals surface area contributed by atoms with Gasteiger partial charge in [0, 0.05) is 25.9 Å². The maximum absolute atomic E-state index is 12.2. The van der Waals surface area contributed by atoms with Crippen LogP contribution in [0, 0.1) is 0 Å². The summed E-state index contributed by atoms with van der Waals surface area (Å²) in [6, 6.07) is 0. The highest BCUT2D eigenvalue weighted by Crippen LogP contribution is 2.29. The van der Waals surface area contributed by atoms with E-state index in [0.717, 1.165) is 17.6 Å². The highest BCUT2D eigenvalue weighted by molar-refractivity contribution is 5.47. The molecular formula is C11H15F2N. The molecule has 1 nitrogen and oxygen atoms in total. The summed E-state index contributed by atoms with van der Waals surface area (Å²) in [5.74, 6) is 0. The van der Waals surface area contributed by atoms with Crippen molar-refractivity contribution >= 4 is 0 Å². The zero-order chi connectivity index (χ0) is 10.7. The van der Waals surface area contributed by atoms with Crippen molar-refractivity contribution in [3.05, 3.63) is 35.7 Å². The molecule has 1 heterocycles. The SMILES string of the molecule is C=C1C(CC)=CN(C)C=C1CC(F)F. The molecular weight excluding hydrogens is 184 g/mol. The van der Waals surface area contributed by atoms with Gasteiger partial charge < -0.3 is 4.90 Å². The van der Waals surface area contributed by atoms with Gasteiger partial charge in [-0.1, -0.05) is 13.5 Å². The minimum atomic E-state index is -2.30. The molecule has 1 aliphatic rings. The van der Waals surface area contributed by atoms with Crippen LogP contribution in [0.1, 0.15) is 19.8 Å². The molecule has 0 amide bonds. The summed E-state index contributed by atoms with van der Waals surface area (Å²) in [7, 11) is 1.84. The number of hydrogen-bond acceptors (Lipinski definition) is 1. The van der Waals surface area contributed by atoms with E-state index in [1.807, 2.05) is 25.1 Å². The van der Waals surface area contributed by atoms with Crippen molar-refractivity contribution in [3.63, 3.8) is 0 Å². The van der Waals surface area contributed by atoms with Crippen molar-refractivity contribution < 1.29 is 8.78 Å². The Bertz CT molecular complexity index is 290. The summed E-state index contributed by atoms with van der Waals surface area (Å²) in [6.07, 6.45) is 1.96. The van der Waals surface area contributed by atoms with E-state index in [-0.39, 0.29) is 6.42 Å².